The normalized spacial score (nSPS) is 21.6. The lowest BCUT2D eigenvalue weighted by atomic mass is 9.90. The molecule has 3 heterocycles. The van der Waals surface area contributed by atoms with E-state index >= 15 is 0 Å². The molecule has 0 aliphatic carbocycles. The van der Waals surface area contributed by atoms with Gasteiger partial charge in [-0.05, 0) is 62.8 Å². The molecule has 7 nitrogen and oxygen atoms in total. The van der Waals surface area contributed by atoms with Crippen LogP contribution in [0.3, 0.4) is 0 Å². The van der Waals surface area contributed by atoms with Crippen LogP contribution in [0.15, 0.2) is 42.6 Å². The van der Waals surface area contributed by atoms with Crippen molar-refractivity contribution in [2.75, 3.05) is 39.4 Å². The number of carbonyl (C=O) groups excluding carboxylic acids is 2. The van der Waals surface area contributed by atoms with Crippen molar-refractivity contribution in [2.45, 2.75) is 58.0 Å². The van der Waals surface area contributed by atoms with Crippen molar-refractivity contribution in [2.24, 2.45) is 0 Å². The molecule has 2 aliphatic rings. The quantitative estimate of drug-likeness (QED) is 0.662. The lowest BCUT2D eigenvalue weighted by molar-refractivity contribution is -0.170. The molecule has 1 spiro atoms. The van der Waals surface area contributed by atoms with Crippen molar-refractivity contribution in [3.8, 4) is 5.75 Å². The number of benzene rings is 1. The Morgan fingerprint density at radius 1 is 1.11 bits per heavy atom. The maximum absolute atomic E-state index is 14.0. The van der Waals surface area contributed by atoms with E-state index in [4.69, 9.17) is 9.47 Å². The van der Waals surface area contributed by atoms with Crippen molar-refractivity contribution in [3.05, 3.63) is 59.4 Å². The number of morpholine rings is 1. The van der Waals surface area contributed by atoms with Crippen molar-refractivity contribution in [3.63, 3.8) is 0 Å². The van der Waals surface area contributed by atoms with Crippen LogP contribution < -0.4 is 4.74 Å². The van der Waals surface area contributed by atoms with Gasteiger partial charge in [-0.1, -0.05) is 31.5 Å². The van der Waals surface area contributed by atoms with E-state index in [1.807, 2.05) is 36.1 Å². The van der Waals surface area contributed by atoms with E-state index in [9.17, 15) is 9.59 Å². The van der Waals surface area contributed by atoms with Crippen LogP contribution in [0.1, 0.15) is 60.6 Å². The van der Waals surface area contributed by atoms with Crippen LogP contribution in [0.2, 0.25) is 0 Å². The minimum absolute atomic E-state index is 0.0251. The van der Waals surface area contributed by atoms with Crippen molar-refractivity contribution < 1.29 is 19.1 Å². The lowest BCUT2D eigenvalue weighted by Crippen LogP contribution is -2.62. The van der Waals surface area contributed by atoms with Crippen LogP contribution in [0.25, 0.3) is 0 Å². The van der Waals surface area contributed by atoms with Crippen LogP contribution in [0.4, 0.5) is 0 Å². The molecule has 0 radical (unpaired) electrons. The van der Waals surface area contributed by atoms with Gasteiger partial charge >= 0.3 is 0 Å². The number of ether oxygens (including phenoxy) is 2. The van der Waals surface area contributed by atoms with Gasteiger partial charge < -0.3 is 19.3 Å². The fourth-order valence-electron chi connectivity index (χ4n) is 4.92. The highest BCUT2D eigenvalue weighted by molar-refractivity contribution is 5.95. The summed E-state index contributed by atoms with van der Waals surface area (Å²) in [5, 5.41) is 0. The zero-order valence-electron chi connectivity index (χ0n) is 21.0. The summed E-state index contributed by atoms with van der Waals surface area (Å²) in [5.74, 6) is 0.780. The summed E-state index contributed by atoms with van der Waals surface area (Å²) in [5.41, 5.74) is 1.58. The molecule has 4 rings (SSSR count). The summed E-state index contributed by atoms with van der Waals surface area (Å²) in [6.45, 7) is 6.67. The van der Waals surface area contributed by atoms with Crippen molar-refractivity contribution in [1.82, 2.24) is 14.8 Å². The summed E-state index contributed by atoms with van der Waals surface area (Å²) in [6.07, 6.45) is 6.75. The maximum Gasteiger partial charge on any atom is 0.256 e. The smallest absolute Gasteiger partial charge is 0.256 e. The first-order valence-electron chi connectivity index (χ1n) is 12.9. The Hall–Kier alpha value is -2.93. The van der Waals surface area contributed by atoms with Gasteiger partial charge in [0.05, 0.1) is 25.3 Å². The summed E-state index contributed by atoms with van der Waals surface area (Å²) in [7, 11) is 0. The third-order valence-corrected chi connectivity index (χ3v) is 6.96. The number of carbonyl (C=O) groups is 2. The van der Waals surface area contributed by atoms with E-state index in [-0.39, 0.29) is 18.4 Å². The van der Waals surface area contributed by atoms with Gasteiger partial charge in [-0.15, -0.1) is 0 Å². The van der Waals surface area contributed by atoms with Gasteiger partial charge in [0.1, 0.15) is 12.4 Å². The highest BCUT2D eigenvalue weighted by atomic mass is 16.5. The molecule has 1 fully saturated rings. The number of para-hydroxylation sites is 1. The molecule has 0 N–H and O–H groups in total. The second kappa shape index (κ2) is 11.7. The van der Waals surface area contributed by atoms with Gasteiger partial charge in [-0.2, -0.15) is 0 Å². The monoisotopic (exact) mass is 479 g/mol. The fraction of sp³-hybridized carbons (Fsp3) is 0.536. The minimum Gasteiger partial charge on any atom is -0.491 e. The number of aryl methyl sites for hydroxylation is 2. The Bertz CT molecular complexity index is 1010. The highest BCUT2D eigenvalue weighted by Gasteiger charge is 2.46. The van der Waals surface area contributed by atoms with Gasteiger partial charge in [-0.3, -0.25) is 14.6 Å². The number of nitrogens with zero attached hydrogens (tertiary/aromatic N) is 3. The summed E-state index contributed by atoms with van der Waals surface area (Å²) < 4.78 is 12.4. The Kier molecular flexibility index (Phi) is 8.39. The first-order chi connectivity index (χ1) is 17.0. The summed E-state index contributed by atoms with van der Waals surface area (Å²) in [4.78, 5) is 35.3. The summed E-state index contributed by atoms with van der Waals surface area (Å²) >= 11 is 0. The Balaban J connectivity index is 1.58. The zero-order chi connectivity index (χ0) is 24.7. The predicted molar refractivity (Wildman–Crippen MR) is 135 cm³/mol. The van der Waals surface area contributed by atoms with Crippen LogP contribution in [0, 0.1) is 6.92 Å². The lowest BCUT2D eigenvalue weighted by Gasteiger charge is -2.44. The van der Waals surface area contributed by atoms with Crippen molar-refractivity contribution in [1.29, 1.82) is 0 Å². The number of amides is 2. The molecule has 0 saturated carbocycles. The molecule has 2 aliphatic heterocycles. The van der Waals surface area contributed by atoms with Crippen LogP contribution >= 0.6 is 0 Å². The molecular weight excluding hydrogens is 442 g/mol. The van der Waals surface area contributed by atoms with Gasteiger partial charge in [0, 0.05) is 25.0 Å². The van der Waals surface area contributed by atoms with Gasteiger partial charge in [0.2, 0.25) is 0 Å². The fourth-order valence-corrected chi connectivity index (χ4v) is 4.92. The standard InChI is InChI=1S/C28H37N3O4/c1-3-4-15-30-16-18-34-25-11-6-5-9-23(25)10-7-8-14-28(27(30)33)21-31(17-19-35-28)26(32)24-13-12-22(2)29-20-24/h5-6,9,11-13,20H,3-4,7-8,10,14-19,21H2,1-2H3. The molecule has 0 bridgehead atoms. The molecule has 1 saturated heterocycles. The van der Waals surface area contributed by atoms with E-state index in [1.165, 1.54) is 5.56 Å². The molecule has 188 valence electrons. The number of pyridine rings is 1. The molecule has 7 heteroatoms. The van der Waals surface area contributed by atoms with E-state index in [1.54, 1.807) is 17.2 Å². The van der Waals surface area contributed by atoms with Crippen LogP contribution in [-0.4, -0.2) is 71.6 Å². The molecule has 1 unspecified atom stereocenters. The molecule has 2 aromatic rings. The third kappa shape index (κ3) is 6.01. The third-order valence-electron chi connectivity index (χ3n) is 6.96. The van der Waals surface area contributed by atoms with Crippen LogP contribution in [0.5, 0.6) is 5.75 Å². The maximum atomic E-state index is 14.0. The van der Waals surface area contributed by atoms with Gasteiger partial charge in [0.25, 0.3) is 11.8 Å². The second-order valence-electron chi connectivity index (χ2n) is 9.57. The van der Waals surface area contributed by atoms with Crippen molar-refractivity contribution >= 4 is 11.8 Å². The molecule has 35 heavy (non-hydrogen) atoms. The largest absolute Gasteiger partial charge is 0.491 e. The highest BCUT2D eigenvalue weighted by Crippen LogP contribution is 2.30. The van der Waals surface area contributed by atoms with E-state index in [2.05, 4.69) is 18.0 Å². The Morgan fingerprint density at radius 3 is 2.77 bits per heavy atom. The number of fused-ring (bicyclic) bond motifs is 1. The van der Waals surface area contributed by atoms with E-state index < -0.39 is 5.60 Å². The van der Waals surface area contributed by atoms with E-state index in [0.717, 1.165) is 43.5 Å². The number of aromatic nitrogens is 1. The average Bonchev–Trinajstić information content (AvgIpc) is 2.88. The molecule has 1 atom stereocenters. The van der Waals surface area contributed by atoms with Gasteiger partial charge in [-0.25, -0.2) is 0 Å². The summed E-state index contributed by atoms with van der Waals surface area (Å²) in [6, 6.07) is 11.8. The van der Waals surface area contributed by atoms with E-state index in [0.29, 0.717) is 44.8 Å². The molecule has 2 amide bonds. The predicted octanol–water partition coefficient (Wildman–Crippen LogP) is 4.04. The number of hydrogen-bond donors (Lipinski definition) is 0. The minimum atomic E-state index is -1.03. The topological polar surface area (TPSA) is 72.0 Å². The first kappa shape index (κ1) is 25.2. The Morgan fingerprint density at radius 2 is 1.97 bits per heavy atom. The molecule has 1 aromatic heterocycles. The Labute approximate surface area is 208 Å². The first-order valence-corrected chi connectivity index (χ1v) is 12.9. The molecule has 1 aromatic carbocycles. The zero-order valence-corrected chi connectivity index (χ0v) is 21.0. The SMILES string of the molecule is CCCCN1CCOc2ccccc2CCCCC2(CN(C(=O)c3ccc(C)nc3)CCO2)C1=O. The van der Waals surface area contributed by atoms with Crippen LogP contribution in [-0.2, 0) is 16.0 Å². The average molecular weight is 480 g/mol. The number of hydrogen-bond acceptors (Lipinski definition) is 5. The number of unbranched alkanes of at least 4 members (excludes halogenated alkanes) is 1. The molecular formula is C28H37N3O4. The van der Waals surface area contributed by atoms with Gasteiger partial charge in [0.15, 0.2) is 5.60 Å². The second-order valence-corrected chi connectivity index (χ2v) is 9.57. The number of rotatable bonds is 4.